The van der Waals surface area contributed by atoms with E-state index < -0.39 is 0 Å². The number of alkyl halides is 2. The first-order valence-electron chi connectivity index (χ1n) is 16.5. The molecule has 0 amide bonds. The highest BCUT2D eigenvalue weighted by molar-refractivity contribution is 14.1. The molecule has 3 unspecified atom stereocenters. The predicted octanol–water partition coefficient (Wildman–Crippen LogP) is 12.4. The molecule has 218 valence electrons. The summed E-state index contributed by atoms with van der Waals surface area (Å²) in [6.45, 7) is 28.1. The molecule has 0 aliphatic heterocycles. The average molecular weight is 739 g/mol. The molecule has 3 aliphatic carbocycles. The standard InChI is InChI=1S/C35H64I2/c1-12-26(13-2)15-19-34(25(8)36)20-17-28(34)16-18-32(9,10)31-22-30(24(6)7)35(31)27(14-3)21-29(23(4)5)33(35,11)37/h23-31H,12-22H2,1-11H3/t25-,27?,28+,29-,30+,31?,33+,34?,35+/m1/s1. The third kappa shape index (κ3) is 5.51. The highest BCUT2D eigenvalue weighted by Crippen LogP contribution is 2.78. The molecule has 0 heterocycles. The molecule has 3 saturated carbocycles. The van der Waals surface area contributed by atoms with Gasteiger partial charge in [0.15, 0.2) is 0 Å². The second-order valence-electron chi connectivity index (χ2n) is 15.7. The van der Waals surface area contributed by atoms with Crippen molar-refractivity contribution in [1.82, 2.24) is 0 Å². The van der Waals surface area contributed by atoms with Gasteiger partial charge in [-0.05, 0) is 122 Å². The summed E-state index contributed by atoms with van der Waals surface area (Å²) in [5.74, 6) is 7.07. The fourth-order valence-corrected chi connectivity index (χ4v) is 14.1. The Labute approximate surface area is 261 Å². The Balaban J connectivity index is 1.82. The van der Waals surface area contributed by atoms with Crippen LogP contribution in [0.5, 0.6) is 0 Å². The van der Waals surface area contributed by atoms with Crippen LogP contribution >= 0.6 is 45.2 Å². The third-order valence-electron chi connectivity index (χ3n) is 13.4. The molecule has 1 spiro atoms. The summed E-state index contributed by atoms with van der Waals surface area (Å²) < 4.78 is 1.23. The van der Waals surface area contributed by atoms with E-state index >= 15 is 0 Å². The van der Waals surface area contributed by atoms with Crippen molar-refractivity contribution in [2.45, 2.75) is 154 Å². The van der Waals surface area contributed by atoms with Crippen molar-refractivity contribution in [3.05, 3.63) is 0 Å². The van der Waals surface area contributed by atoms with E-state index in [0.29, 0.717) is 19.7 Å². The minimum atomic E-state index is 0.418. The second-order valence-corrected chi connectivity index (χ2v) is 19.8. The van der Waals surface area contributed by atoms with Crippen LogP contribution in [-0.4, -0.2) is 7.35 Å². The maximum absolute atomic E-state index is 3.01. The Hall–Kier alpha value is 1.46. The Morgan fingerprint density at radius 3 is 1.92 bits per heavy atom. The Kier molecular flexibility index (Phi) is 11.0. The molecule has 0 aromatic carbocycles. The van der Waals surface area contributed by atoms with Crippen molar-refractivity contribution in [1.29, 1.82) is 0 Å². The molecule has 0 aromatic heterocycles. The lowest BCUT2D eigenvalue weighted by Crippen LogP contribution is -2.66. The van der Waals surface area contributed by atoms with Gasteiger partial charge in [-0.3, -0.25) is 0 Å². The fraction of sp³-hybridized carbons (Fsp3) is 1.00. The lowest BCUT2D eigenvalue weighted by Gasteiger charge is -2.69. The normalized spacial score (nSPS) is 41.0. The zero-order valence-electron chi connectivity index (χ0n) is 26.7. The van der Waals surface area contributed by atoms with Crippen LogP contribution < -0.4 is 0 Å². The van der Waals surface area contributed by atoms with Gasteiger partial charge in [-0.1, -0.05) is 134 Å². The van der Waals surface area contributed by atoms with Gasteiger partial charge in [0.1, 0.15) is 0 Å². The molecule has 0 radical (unpaired) electrons. The van der Waals surface area contributed by atoms with E-state index in [1.807, 2.05) is 0 Å². The number of hydrogen-bond donors (Lipinski definition) is 0. The number of halogens is 2. The number of rotatable bonds is 13. The molecule has 0 aromatic rings. The predicted molar refractivity (Wildman–Crippen MR) is 183 cm³/mol. The zero-order chi connectivity index (χ0) is 28.0. The van der Waals surface area contributed by atoms with Crippen LogP contribution in [0.2, 0.25) is 0 Å². The smallest absolute Gasteiger partial charge is 0.0289 e. The molecule has 9 atom stereocenters. The minimum Gasteiger partial charge on any atom is -0.0823 e. The summed E-state index contributed by atoms with van der Waals surface area (Å²) >= 11 is 5.82. The lowest BCUT2D eigenvalue weighted by atomic mass is 9.37. The summed E-state index contributed by atoms with van der Waals surface area (Å²) in [6.07, 6.45) is 15.9. The van der Waals surface area contributed by atoms with E-state index in [1.165, 1.54) is 70.6 Å². The Morgan fingerprint density at radius 2 is 1.49 bits per heavy atom. The Bertz CT molecular complexity index is 732. The molecular formula is C35H64I2. The van der Waals surface area contributed by atoms with E-state index in [1.54, 1.807) is 0 Å². The van der Waals surface area contributed by atoms with Crippen LogP contribution in [0.4, 0.5) is 0 Å². The van der Waals surface area contributed by atoms with Crippen molar-refractivity contribution < 1.29 is 0 Å². The molecule has 2 heteroatoms. The SMILES string of the molecule is CCC(CC)CCC1([C@@H](C)I)CC[C@@H]1CCC(C)(C)C1C[C@@H](C(C)C)[C@@]12C(CC)C[C@H](C(C)C)[C@]2(C)I. The van der Waals surface area contributed by atoms with E-state index in [2.05, 4.69) is 121 Å². The first kappa shape index (κ1) is 33.0. The third-order valence-corrected chi connectivity index (χ3v) is 16.3. The van der Waals surface area contributed by atoms with Gasteiger partial charge in [0.05, 0.1) is 0 Å². The van der Waals surface area contributed by atoms with Crippen molar-refractivity contribution in [2.24, 2.45) is 63.6 Å². The van der Waals surface area contributed by atoms with E-state index in [0.717, 1.165) is 51.3 Å². The van der Waals surface area contributed by atoms with Crippen LogP contribution in [0.25, 0.3) is 0 Å². The summed E-state index contributed by atoms with van der Waals surface area (Å²) in [7, 11) is 0. The van der Waals surface area contributed by atoms with E-state index in [-0.39, 0.29) is 0 Å². The van der Waals surface area contributed by atoms with Gasteiger partial charge >= 0.3 is 0 Å². The van der Waals surface area contributed by atoms with Gasteiger partial charge in [0.25, 0.3) is 0 Å². The van der Waals surface area contributed by atoms with Crippen LogP contribution in [0.3, 0.4) is 0 Å². The van der Waals surface area contributed by atoms with Crippen LogP contribution in [-0.2, 0) is 0 Å². The molecule has 37 heavy (non-hydrogen) atoms. The quantitative estimate of drug-likeness (QED) is 0.130. The first-order valence-corrected chi connectivity index (χ1v) is 18.8. The summed E-state index contributed by atoms with van der Waals surface area (Å²) in [5.41, 5.74) is 1.59. The molecule has 0 N–H and O–H groups in total. The van der Waals surface area contributed by atoms with Gasteiger partial charge in [-0.15, -0.1) is 0 Å². The Morgan fingerprint density at radius 1 is 0.892 bits per heavy atom. The molecule has 3 aliphatic rings. The topological polar surface area (TPSA) is 0 Å². The van der Waals surface area contributed by atoms with Crippen molar-refractivity contribution in [2.75, 3.05) is 0 Å². The first-order chi connectivity index (χ1) is 17.2. The minimum absolute atomic E-state index is 0.418. The molecule has 0 bridgehead atoms. The summed E-state index contributed by atoms with van der Waals surface area (Å²) in [5, 5.41) is 0. The number of hydrogen-bond acceptors (Lipinski definition) is 0. The van der Waals surface area contributed by atoms with Gasteiger partial charge in [0, 0.05) is 7.35 Å². The van der Waals surface area contributed by atoms with Crippen LogP contribution in [0.15, 0.2) is 0 Å². The maximum atomic E-state index is 3.01. The van der Waals surface area contributed by atoms with Crippen molar-refractivity contribution in [3.63, 3.8) is 0 Å². The van der Waals surface area contributed by atoms with Gasteiger partial charge in [0.2, 0.25) is 0 Å². The summed E-state index contributed by atoms with van der Waals surface area (Å²) in [6, 6.07) is 0. The molecule has 0 nitrogen and oxygen atoms in total. The van der Waals surface area contributed by atoms with E-state index in [4.69, 9.17) is 0 Å². The molecule has 0 saturated heterocycles. The molecular weight excluding hydrogens is 674 g/mol. The second kappa shape index (κ2) is 12.4. The monoisotopic (exact) mass is 738 g/mol. The lowest BCUT2D eigenvalue weighted by molar-refractivity contribution is -0.177. The molecule has 3 fully saturated rings. The largest absolute Gasteiger partial charge is 0.0823 e. The summed E-state index contributed by atoms with van der Waals surface area (Å²) in [4.78, 5) is 0. The van der Waals surface area contributed by atoms with Crippen LogP contribution in [0, 0.1) is 63.6 Å². The molecule has 3 rings (SSSR count). The van der Waals surface area contributed by atoms with Crippen LogP contribution in [0.1, 0.15) is 147 Å². The highest BCUT2D eigenvalue weighted by atomic mass is 127. The van der Waals surface area contributed by atoms with Crippen molar-refractivity contribution in [3.8, 4) is 0 Å². The van der Waals surface area contributed by atoms with Gasteiger partial charge in [-0.25, -0.2) is 0 Å². The highest BCUT2D eigenvalue weighted by Gasteiger charge is 2.74. The van der Waals surface area contributed by atoms with Gasteiger partial charge < -0.3 is 0 Å². The average Bonchev–Trinajstić information content (AvgIpc) is 3.02. The van der Waals surface area contributed by atoms with Gasteiger partial charge in [-0.2, -0.15) is 0 Å². The van der Waals surface area contributed by atoms with Crippen molar-refractivity contribution >= 4 is 45.2 Å². The fourth-order valence-electron chi connectivity index (χ4n) is 10.8. The van der Waals surface area contributed by atoms with E-state index in [9.17, 15) is 0 Å². The maximum Gasteiger partial charge on any atom is 0.0289 e. The zero-order valence-corrected chi connectivity index (χ0v) is 31.0.